The van der Waals surface area contributed by atoms with Crippen molar-refractivity contribution in [1.29, 1.82) is 0 Å². The van der Waals surface area contributed by atoms with Crippen LogP contribution in [0.5, 0.6) is 0 Å². The summed E-state index contributed by atoms with van der Waals surface area (Å²) in [5.41, 5.74) is 2.17. The van der Waals surface area contributed by atoms with Gasteiger partial charge in [-0.05, 0) is 38.2 Å². The number of hydrogen-bond acceptors (Lipinski definition) is 2. The Hall–Kier alpha value is -0.860. The summed E-state index contributed by atoms with van der Waals surface area (Å²) in [4.78, 5) is 0. The lowest BCUT2D eigenvalue weighted by Crippen LogP contribution is -2.29. The summed E-state index contributed by atoms with van der Waals surface area (Å²) in [6, 6.07) is 8.07. The van der Waals surface area contributed by atoms with E-state index in [2.05, 4.69) is 13.8 Å². The van der Waals surface area contributed by atoms with E-state index < -0.39 is 6.10 Å². The average molecular weight is 276 g/mol. The van der Waals surface area contributed by atoms with Crippen molar-refractivity contribution in [3.8, 4) is 0 Å². The predicted octanol–water partition coefficient (Wildman–Crippen LogP) is 4.40. The van der Waals surface area contributed by atoms with Crippen LogP contribution >= 0.6 is 0 Å². The molecule has 0 heterocycles. The SMILES string of the molecule is CCC1CCCC(OC(C)C(O)c2ccc(C)cc2)C1. The van der Waals surface area contributed by atoms with Crippen molar-refractivity contribution in [2.24, 2.45) is 5.92 Å². The van der Waals surface area contributed by atoms with Crippen LogP contribution in [0.25, 0.3) is 0 Å². The number of aliphatic hydroxyl groups excluding tert-OH is 1. The lowest BCUT2D eigenvalue weighted by Gasteiger charge is -2.32. The maximum atomic E-state index is 10.4. The van der Waals surface area contributed by atoms with E-state index in [1.54, 1.807) is 0 Å². The molecule has 0 radical (unpaired) electrons. The highest BCUT2D eigenvalue weighted by molar-refractivity contribution is 5.23. The molecule has 2 heteroatoms. The third-order valence-electron chi connectivity index (χ3n) is 4.58. The molecule has 2 rings (SSSR count). The van der Waals surface area contributed by atoms with Crippen LogP contribution in [0, 0.1) is 12.8 Å². The molecule has 0 amide bonds. The van der Waals surface area contributed by atoms with Crippen molar-refractivity contribution in [2.75, 3.05) is 0 Å². The molecule has 1 aliphatic carbocycles. The summed E-state index contributed by atoms with van der Waals surface area (Å²) >= 11 is 0. The summed E-state index contributed by atoms with van der Waals surface area (Å²) in [6.07, 6.45) is 5.79. The minimum atomic E-state index is -0.530. The fourth-order valence-electron chi connectivity index (χ4n) is 3.15. The molecule has 0 aliphatic heterocycles. The maximum Gasteiger partial charge on any atom is 0.105 e. The Morgan fingerprint density at radius 3 is 2.60 bits per heavy atom. The van der Waals surface area contributed by atoms with Gasteiger partial charge in [-0.2, -0.15) is 0 Å². The molecule has 0 saturated heterocycles. The summed E-state index contributed by atoms with van der Waals surface area (Å²) in [5.74, 6) is 0.803. The molecule has 20 heavy (non-hydrogen) atoms. The van der Waals surface area contributed by atoms with Crippen LogP contribution in [-0.4, -0.2) is 17.3 Å². The Balaban J connectivity index is 1.90. The molecule has 0 bridgehead atoms. The zero-order valence-corrected chi connectivity index (χ0v) is 13.0. The molecule has 1 aromatic rings. The Labute approximate surface area is 123 Å². The van der Waals surface area contributed by atoms with Gasteiger partial charge in [0.05, 0.1) is 12.2 Å². The molecule has 112 valence electrons. The molecule has 1 fully saturated rings. The second-order valence-corrected chi connectivity index (χ2v) is 6.26. The van der Waals surface area contributed by atoms with E-state index in [-0.39, 0.29) is 6.10 Å². The van der Waals surface area contributed by atoms with Crippen LogP contribution in [0.1, 0.15) is 63.2 Å². The van der Waals surface area contributed by atoms with Gasteiger partial charge in [-0.1, -0.05) is 56.0 Å². The predicted molar refractivity (Wildman–Crippen MR) is 82.7 cm³/mol. The highest BCUT2D eigenvalue weighted by Crippen LogP contribution is 2.31. The van der Waals surface area contributed by atoms with E-state index in [4.69, 9.17) is 4.74 Å². The van der Waals surface area contributed by atoms with E-state index in [0.717, 1.165) is 24.3 Å². The molecule has 0 aromatic heterocycles. The van der Waals surface area contributed by atoms with Crippen LogP contribution in [0.4, 0.5) is 0 Å². The van der Waals surface area contributed by atoms with Gasteiger partial charge in [0, 0.05) is 0 Å². The van der Waals surface area contributed by atoms with Crippen LogP contribution in [0.15, 0.2) is 24.3 Å². The first-order valence-electron chi connectivity index (χ1n) is 8.00. The first-order valence-corrected chi connectivity index (χ1v) is 8.00. The van der Waals surface area contributed by atoms with Crippen molar-refractivity contribution in [1.82, 2.24) is 0 Å². The summed E-state index contributed by atoms with van der Waals surface area (Å²) in [6.45, 7) is 6.31. The lowest BCUT2D eigenvalue weighted by molar-refractivity contribution is -0.0860. The molecular weight excluding hydrogens is 248 g/mol. The highest BCUT2D eigenvalue weighted by atomic mass is 16.5. The number of ether oxygens (including phenoxy) is 1. The minimum Gasteiger partial charge on any atom is -0.386 e. The second kappa shape index (κ2) is 7.24. The third-order valence-corrected chi connectivity index (χ3v) is 4.58. The van der Waals surface area contributed by atoms with Gasteiger partial charge in [0.25, 0.3) is 0 Å². The van der Waals surface area contributed by atoms with Crippen LogP contribution in [-0.2, 0) is 4.74 Å². The Morgan fingerprint density at radius 2 is 1.95 bits per heavy atom. The van der Waals surface area contributed by atoms with E-state index in [0.29, 0.717) is 6.10 Å². The minimum absolute atomic E-state index is 0.140. The topological polar surface area (TPSA) is 29.5 Å². The van der Waals surface area contributed by atoms with Crippen LogP contribution < -0.4 is 0 Å². The van der Waals surface area contributed by atoms with Gasteiger partial charge in [0.1, 0.15) is 6.10 Å². The van der Waals surface area contributed by atoms with Crippen LogP contribution in [0.2, 0.25) is 0 Å². The molecule has 1 saturated carbocycles. The normalized spacial score (nSPS) is 26.2. The quantitative estimate of drug-likeness (QED) is 0.863. The Bertz CT molecular complexity index is 398. The molecule has 1 N–H and O–H groups in total. The van der Waals surface area contributed by atoms with Crippen LogP contribution in [0.3, 0.4) is 0 Å². The average Bonchev–Trinajstić information content (AvgIpc) is 2.47. The van der Waals surface area contributed by atoms with E-state index in [1.165, 1.54) is 24.8 Å². The third kappa shape index (κ3) is 4.07. The van der Waals surface area contributed by atoms with Crippen molar-refractivity contribution in [2.45, 2.75) is 71.2 Å². The van der Waals surface area contributed by atoms with E-state index in [1.807, 2.05) is 31.2 Å². The molecule has 1 aliphatic rings. The highest BCUT2D eigenvalue weighted by Gasteiger charge is 2.25. The molecule has 0 spiro atoms. The van der Waals surface area contributed by atoms with Crippen molar-refractivity contribution >= 4 is 0 Å². The fourth-order valence-corrected chi connectivity index (χ4v) is 3.15. The smallest absolute Gasteiger partial charge is 0.105 e. The number of benzene rings is 1. The van der Waals surface area contributed by atoms with Gasteiger partial charge in [-0.15, -0.1) is 0 Å². The van der Waals surface area contributed by atoms with Gasteiger partial charge in [-0.3, -0.25) is 0 Å². The molecule has 1 aromatic carbocycles. The van der Waals surface area contributed by atoms with E-state index in [9.17, 15) is 5.11 Å². The first-order chi connectivity index (χ1) is 9.60. The Kier molecular flexibility index (Phi) is 5.62. The summed E-state index contributed by atoms with van der Waals surface area (Å²) < 4.78 is 6.12. The second-order valence-electron chi connectivity index (χ2n) is 6.26. The van der Waals surface area contributed by atoms with Gasteiger partial charge in [0.2, 0.25) is 0 Å². The standard InChI is InChI=1S/C18H28O2/c1-4-15-6-5-7-17(12-15)20-14(3)18(19)16-10-8-13(2)9-11-16/h8-11,14-15,17-19H,4-7,12H2,1-3H3. The first kappa shape index (κ1) is 15.5. The number of hydrogen-bond donors (Lipinski definition) is 1. The zero-order chi connectivity index (χ0) is 14.5. The molecular formula is C18H28O2. The largest absolute Gasteiger partial charge is 0.386 e. The summed E-state index contributed by atoms with van der Waals surface area (Å²) in [7, 11) is 0. The fraction of sp³-hybridized carbons (Fsp3) is 0.667. The molecule has 2 nitrogen and oxygen atoms in total. The maximum absolute atomic E-state index is 10.4. The number of rotatable bonds is 5. The van der Waals surface area contributed by atoms with Crippen molar-refractivity contribution in [3.05, 3.63) is 35.4 Å². The van der Waals surface area contributed by atoms with Gasteiger partial charge >= 0.3 is 0 Å². The monoisotopic (exact) mass is 276 g/mol. The van der Waals surface area contributed by atoms with Crippen molar-refractivity contribution < 1.29 is 9.84 Å². The van der Waals surface area contributed by atoms with Gasteiger partial charge in [0.15, 0.2) is 0 Å². The van der Waals surface area contributed by atoms with Gasteiger partial charge < -0.3 is 9.84 Å². The number of aliphatic hydroxyl groups is 1. The van der Waals surface area contributed by atoms with Gasteiger partial charge in [-0.25, -0.2) is 0 Å². The zero-order valence-electron chi connectivity index (χ0n) is 13.0. The van der Waals surface area contributed by atoms with E-state index >= 15 is 0 Å². The molecule has 4 atom stereocenters. The Morgan fingerprint density at radius 1 is 1.25 bits per heavy atom. The molecule has 4 unspecified atom stereocenters. The summed E-state index contributed by atoms with van der Waals surface area (Å²) in [5, 5.41) is 10.4. The van der Waals surface area contributed by atoms with Crippen molar-refractivity contribution in [3.63, 3.8) is 0 Å². The number of aryl methyl sites for hydroxylation is 1. The lowest BCUT2D eigenvalue weighted by atomic mass is 9.85.